The molecule has 2 atom stereocenters. The number of aliphatic hydroxyl groups is 1. The van der Waals surface area contributed by atoms with Crippen molar-refractivity contribution in [3.63, 3.8) is 0 Å². The Balaban J connectivity index is 0. The fourth-order valence-electron chi connectivity index (χ4n) is 1.70. The maximum Gasteiger partial charge on any atom is 0.158 e. The summed E-state index contributed by atoms with van der Waals surface area (Å²) in [5, 5.41) is 7.00. The first kappa shape index (κ1) is 26.2. The number of aliphatic hydroxyl groups excluding tert-OH is 1. The predicted octanol–water partition coefficient (Wildman–Crippen LogP) is 5.22. The molecule has 2 aromatic rings. The van der Waals surface area contributed by atoms with Crippen LogP contribution < -0.4 is 4.74 Å². The lowest BCUT2D eigenvalue weighted by molar-refractivity contribution is 0.399. The molecule has 26 heavy (non-hydrogen) atoms. The van der Waals surface area contributed by atoms with Gasteiger partial charge in [0.25, 0.3) is 0 Å². The number of rotatable bonds is 1. The van der Waals surface area contributed by atoms with Gasteiger partial charge in [-0.05, 0) is 44.2 Å². The highest BCUT2D eigenvalue weighted by Gasteiger charge is 2.26. The molecule has 0 spiro atoms. The molecule has 5 heteroatoms. The maximum absolute atomic E-state index is 11.9. The van der Waals surface area contributed by atoms with Crippen LogP contribution in [0.5, 0.6) is 5.75 Å². The minimum Gasteiger partial charge on any atom is -0.493 e. The van der Waals surface area contributed by atoms with Crippen LogP contribution in [-0.2, 0) is 0 Å². The third kappa shape index (κ3) is 13.3. The molecule has 2 unspecified atom stereocenters. The molecule has 1 fully saturated rings. The maximum atomic E-state index is 11.9. The minimum absolute atomic E-state index is 0.178. The van der Waals surface area contributed by atoms with Crippen molar-refractivity contribution >= 4 is 0 Å². The minimum atomic E-state index is -0.178. The van der Waals surface area contributed by atoms with Gasteiger partial charge in [-0.15, -0.1) is 0 Å². The molecular weight excluding hydrogens is 331 g/mol. The third-order valence-corrected chi connectivity index (χ3v) is 3.52. The van der Waals surface area contributed by atoms with Crippen molar-refractivity contribution in [3.8, 4) is 5.75 Å². The highest BCUT2D eigenvalue weighted by atomic mass is 19.1. The van der Waals surface area contributed by atoms with E-state index in [1.165, 1.54) is 18.6 Å². The average molecular weight is 367 g/mol. The van der Waals surface area contributed by atoms with E-state index in [9.17, 15) is 4.39 Å². The standard InChI is InChI=1S/C7H10N2O.C6H5F.C5H10.C2H6.CH4O/c1-5-7(10-3)4-8-6(2)9-5;7-6-4-2-1-3-5-6;1-4-3-5(4)2;2*1-2/h4H,1-3H3;1-5H;4-5H,3H2,1-2H3;1-2H3;2H,1H3. The average Bonchev–Trinajstić information content (AvgIpc) is 3.32. The number of benzene rings is 1. The summed E-state index contributed by atoms with van der Waals surface area (Å²) < 4.78 is 16.9. The van der Waals surface area contributed by atoms with Crippen molar-refractivity contribution in [3.05, 3.63) is 53.9 Å². The van der Waals surface area contributed by atoms with E-state index < -0.39 is 0 Å². The van der Waals surface area contributed by atoms with E-state index in [1.807, 2.05) is 27.7 Å². The van der Waals surface area contributed by atoms with Crippen LogP contribution in [0.4, 0.5) is 4.39 Å². The molecule has 1 aliphatic rings. The summed E-state index contributed by atoms with van der Waals surface area (Å²) in [5.74, 6) is 3.44. The molecule has 1 saturated carbocycles. The highest BCUT2D eigenvalue weighted by molar-refractivity contribution is 5.22. The molecular formula is C21H35FN2O2. The second-order valence-corrected chi connectivity index (χ2v) is 5.56. The SMILES string of the molecule is CC.CC1CC1C.CO.COc1cnc(C)nc1C.Fc1ccccc1. The van der Waals surface area contributed by atoms with Gasteiger partial charge in [-0.3, -0.25) is 0 Å². The van der Waals surface area contributed by atoms with Gasteiger partial charge in [0.2, 0.25) is 0 Å². The fourth-order valence-corrected chi connectivity index (χ4v) is 1.70. The van der Waals surface area contributed by atoms with E-state index >= 15 is 0 Å². The van der Waals surface area contributed by atoms with E-state index in [0.29, 0.717) is 0 Å². The van der Waals surface area contributed by atoms with E-state index in [1.54, 1.807) is 31.5 Å². The zero-order chi connectivity index (χ0) is 20.5. The molecule has 1 aromatic carbocycles. The normalized spacial score (nSPS) is 15.9. The van der Waals surface area contributed by atoms with Crippen molar-refractivity contribution in [2.45, 2.75) is 48.0 Å². The van der Waals surface area contributed by atoms with Crippen molar-refractivity contribution in [1.82, 2.24) is 9.97 Å². The number of methoxy groups -OCH3 is 1. The molecule has 1 heterocycles. The number of ether oxygens (including phenoxy) is 1. The Labute approximate surface area is 158 Å². The predicted molar refractivity (Wildman–Crippen MR) is 107 cm³/mol. The lowest BCUT2D eigenvalue weighted by Crippen LogP contribution is -1.94. The zero-order valence-corrected chi connectivity index (χ0v) is 17.5. The molecule has 3 rings (SSSR count). The Morgan fingerprint density at radius 2 is 1.50 bits per heavy atom. The first-order valence-electron chi connectivity index (χ1n) is 8.93. The Morgan fingerprint density at radius 3 is 1.77 bits per heavy atom. The lowest BCUT2D eigenvalue weighted by atomic mass is 10.4. The molecule has 0 saturated heterocycles. The van der Waals surface area contributed by atoms with E-state index in [0.717, 1.165) is 36.2 Å². The molecule has 148 valence electrons. The number of halogens is 1. The topological polar surface area (TPSA) is 55.2 Å². The molecule has 1 aliphatic carbocycles. The van der Waals surface area contributed by atoms with E-state index in [4.69, 9.17) is 9.84 Å². The summed E-state index contributed by atoms with van der Waals surface area (Å²) in [6.45, 7) is 12.3. The zero-order valence-electron chi connectivity index (χ0n) is 17.5. The number of hydrogen-bond acceptors (Lipinski definition) is 4. The summed E-state index contributed by atoms with van der Waals surface area (Å²) >= 11 is 0. The summed E-state index contributed by atoms with van der Waals surface area (Å²) in [6, 6.07) is 7.94. The van der Waals surface area contributed by atoms with Crippen molar-refractivity contribution in [2.75, 3.05) is 14.2 Å². The quantitative estimate of drug-likeness (QED) is 0.751. The Bertz CT molecular complexity index is 559. The van der Waals surface area contributed by atoms with Gasteiger partial charge >= 0.3 is 0 Å². The Morgan fingerprint density at radius 1 is 1.04 bits per heavy atom. The van der Waals surface area contributed by atoms with Crippen LogP contribution in [0.2, 0.25) is 0 Å². The van der Waals surface area contributed by atoms with Gasteiger partial charge in [0.05, 0.1) is 19.0 Å². The largest absolute Gasteiger partial charge is 0.493 e. The van der Waals surface area contributed by atoms with Crippen molar-refractivity contribution in [1.29, 1.82) is 0 Å². The molecule has 4 nitrogen and oxygen atoms in total. The van der Waals surface area contributed by atoms with Gasteiger partial charge in [0.15, 0.2) is 5.75 Å². The summed E-state index contributed by atoms with van der Waals surface area (Å²) in [7, 11) is 2.61. The highest BCUT2D eigenvalue weighted by Crippen LogP contribution is 2.36. The van der Waals surface area contributed by atoms with Crippen molar-refractivity contribution in [2.24, 2.45) is 11.8 Å². The third-order valence-electron chi connectivity index (χ3n) is 3.52. The summed E-state index contributed by atoms with van der Waals surface area (Å²) in [4.78, 5) is 8.08. The second kappa shape index (κ2) is 16.5. The van der Waals surface area contributed by atoms with Crippen molar-refractivity contribution < 1.29 is 14.2 Å². The number of aromatic nitrogens is 2. The summed E-state index contributed by atoms with van der Waals surface area (Å²) in [5.41, 5.74) is 0.884. The van der Waals surface area contributed by atoms with Crippen LogP contribution in [0.25, 0.3) is 0 Å². The first-order valence-corrected chi connectivity index (χ1v) is 8.93. The van der Waals surface area contributed by atoms with Gasteiger partial charge < -0.3 is 9.84 Å². The van der Waals surface area contributed by atoms with Gasteiger partial charge in [0, 0.05) is 7.11 Å². The number of nitrogens with zero attached hydrogens (tertiary/aromatic N) is 2. The van der Waals surface area contributed by atoms with Gasteiger partial charge in [-0.25, -0.2) is 14.4 Å². The van der Waals surface area contributed by atoms with Crippen LogP contribution in [0.15, 0.2) is 36.5 Å². The second-order valence-electron chi connectivity index (χ2n) is 5.56. The molecule has 0 bridgehead atoms. The van der Waals surface area contributed by atoms with Crippen LogP contribution in [-0.4, -0.2) is 29.3 Å². The Kier molecular flexibility index (Phi) is 16.6. The van der Waals surface area contributed by atoms with Gasteiger partial charge in [-0.2, -0.15) is 0 Å². The molecule has 0 radical (unpaired) electrons. The van der Waals surface area contributed by atoms with Gasteiger partial charge in [-0.1, -0.05) is 45.9 Å². The van der Waals surface area contributed by atoms with E-state index in [2.05, 4.69) is 23.8 Å². The first-order chi connectivity index (χ1) is 12.4. The van der Waals surface area contributed by atoms with Crippen LogP contribution >= 0.6 is 0 Å². The fraction of sp³-hybridized carbons (Fsp3) is 0.524. The molecule has 0 amide bonds. The molecule has 1 N–H and O–H groups in total. The van der Waals surface area contributed by atoms with Crippen LogP contribution in [0.3, 0.4) is 0 Å². The monoisotopic (exact) mass is 366 g/mol. The lowest BCUT2D eigenvalue weighted by Gasteiger charge is -2.01. The number of aryl methyl sites for hydroxylation is 2. The van der Waals surface area contributed by atoms with Crippen LogP contribution in [0.1, 0.15) is 45.6 Å². The molecule has 1 aromatic heterocycles. The van der Waals surface area contributed by atoms with Gasteiger partial charge in [0.1, 0.15) is 11.6 Å². The Hall–Kier alpha value is -2.01. The number of hydrogen-bond donors (Lipinski definition) is 1. The van der Waals surface area contributed by atoms with Crippen LogP contribution in [0, 0.1) is 31.5 Å². The summed E-state index contributed by atoms with van der Waals surface area (Å²) in [6.07, 6.45) is 3.15. The smallest absolute Gasteiger partial charge is 0.158 e. The van der Waals surface area contributed by atoms with E-state index in [-0.39, 0.29) is 5.82 Å². The molecule has 0 aliphatic heterocycles.